The molecule has 1 amide bonds. The van der Waals surface area contributed by atoms with Crippen molar-refractivity contribution in [2.75, 3.05) is 5.32 Å². The van der Waals surface area contributed by atoms with Crippen LogP contribution in [0.1, 0.15) is 24.0 Å². The second-order valence-corrected chi connectivity index (χ2v) is 6.71. The molecule has 0 radical (unpaired) electrons. The Morgan fingerprint density at radius 2 is 1.73 bits per heavy atom. The molecule has 0 fully saturated rings. The Balaban J connectivity index is 1.75. The van der Waals surface area contributed by atoms with Crippen LogP contribution in [0.5, 0.6) is 0 Å². The molecule has 0 aliphatic carbocycles. The van der Waals surface area contributed by atoms with Gasteiger partial charge in [0.05, 0.1) is 5.92 Å². The van der Waals surface area contributed by atoms with E-state index in [9.17, 15) is 9.18 Å². The van der Waals surface area contributed by atoms with E-state index < -0.39 is 5.92 Å². The lowest BCUT2D eigenvalue weighted by Gasteiger charge is -2.14. The third-order valence-electron chi connectivity index (χ3n) is 4.35. The summed E-state index contributed by atoms with van der Waals surface area (Å²) >= 11 is 3.39. The van der Waals surface area contributed by atoms with E-state index in [4.69, 9.17) is 0 Å². The van der Waals surface area contributed by atoms with Gasteiger partial charge in [-0.3, -0.25) is 4.79 Å². The SMILES string of the molecule is CC(C(=O)Nc1ccc(CBr)cc1)c1ccc(-c2ccccc2)c(F)c1. The molecule has 0 aliphatic rings. The van der Waals surface area contributed by atoms with Gasteiger partial charge >= 0.3 is 0 Å². The van der Waals surface area contributed by atoms with Crippen molar-refractivity contribution in [2.45, 2.75) is 18.2 Å². The predicted octanol–water partition coefficient (Wildman–Crippen LogP) is 6.13. The lowest BCUT2D eigenvalue weighted by Crippen LogP contribution is -2.19. The number of hydrogen-bond acceptors (Lipinski definition) is 1. The minimum Gasteiger partial charge on any atom is -0.326 e. The highest BCUT2D eigenvalue weighted by molar-refractivity contribution is 9.08. The highest BCUT2D eigenvalue weighted by Crippen LogP contribution is 2.27. The van der Waals surface area contributed by atoms with Gasteiger partial charge in [-0.15, -0.1) is 0 Å². The molecule has 3 rings (SSSR count). The molecule has 0 aliphatic heterocycles. The second kappa shape index (κ2) is 8.28. The Morgan fingerprint density at radius 1 is 1.04 bits per heavy atom. The molecule has 3 aromatic carbocycles. The Labute approximate surface area is 161 Å². The molecule has 2 nitrogen and oxygen atoms in total. The molecule has 26 heavy (non-hydrogen) atoms. The van der Waals surface area contributed by atoms with Gasteiger partial charge in [0, 0.05) is 16.6 Å². The predicted molar refractivity (Wildman–Crippen MR) is 108 cm³/mol. The van der Waals surface area contributed by atoms with Crippen LogP contribution in [-0.4, -0.2) is 5.91 Å². The minimum atomic E-state index is -0.454. The summed E-state index contributed by atoms with van der Waals surface area (Å²) in [6.45, 7) is 1.78. The quantitative estimate of drug-likeness (QED) is 0.502. The van der Waals surface area contributed by atoms with Crippen molar-refractivity contribution in [3.63, 3.8) is 0 Å². The van der Waals surface area contributed by atoms with Crippen LogP contribution in [0.15, 0.2) is 72.8 Å². The fourth-order valence-corrected chi connectivity index (χ4v) is 3.11. The van der Waals surface area contributed by atoms with Gasteiger partial charge in [0.25, 0.3) is 0 Å². The molecule has 1 unspecified atom stereocenters. The minimum absolute atomic E-state index is 0.163. The summed E-state index contributed by atoms with van der Waals surface area (Å²) in [5.41, 5.74) is 3.87. The topological polar surface area (TPSA) is 29.1 Å². The number of anilines is 1. The van der Waals surface area contributed by atoms with E-state index >= 15 is 0 Å². The maximum absolute atomic E-state index is 14.5. The van der Waals surface area contributed by atoms with Crippen LogP contribution in [0.4, 0.5) is 10.1 Å². The number of rotatable bonds is 5. The number of halogens is 2. The molecular formula is C22H19BrFNO. The van der Waals surface area contributed by atoms with E-state index in [1.165, 1.54) is 6.07 Å². The van der Waals surface area contributed by atoms with Gasteiger partial charge in [0.2, 0.25) is 5.91 Å². The van der Waals surface area contributed by atoms with Crippen molar-refractivity contribution < 1.29 is 9.18 Å². The smallest absolute Gasteiger partial charge is 0.231 e. The van der Waals surface area contributed by atoms with Crippen molar-refractivity contribution in [2.24, 2.45) is 0 Å². The number of hydrogen-bond donors (Lipinski definition) is 1. The first-order chi connectivity index (χ1) is 12.6. The molecule has 0 saturated heterocycles. The van der Waals surface area contributed by atoms with Crippen LogP contribution in [-0.2, 0) is 10.1 Å². The van der Waals surface area contributed by atoms with E-state index in [1.54, 1.807) is 13.0 Å². The monoisotopic (exact) mass is 411 g/mol. The fourth-order valence-electron chi connectivity index (χ4n) is 2.73. The number of benzene rings is 3. The Bertz CT molecular complexity index is 894. The zero-order chi connectivity index (χ0) is 18.5. The van der Waals surface area contributed by atoms with Crippen molar-refractivity contribution in [1.82, 2.24) is 0 Å². The largest absolute Gasteiger partial charge is 0.326 e. The summed E-state index contributed by atoms with van der Waals surface area (Å²) in [4.78, 5) is 12.5. The van der Waals surface area contributed by atoms with Crippen LogP contribution < -0.4 is 5.32 Å². The first-order valence-electron chi connectivity index (χ1n) is 8.39. The Morgan fingerprint density at radius 3 is 2.35 bits per heavy atom. The lowest BCUT2D eigenvalue weighted by atomic mass is 9.96. The van der Waals surface area contributed by atoms with Gasteiger partial charge in [-0.25, -0.2) is 4.39 Å². The summed E-state index contributed by atoms with van der Waals surface area (Å²) < 4.78 is 14.5. The van der Waals surface area contributed by atoms with Crippen LogP contribution in [0.3, 0.4) is 0 Å². The summed E-state index contributed by atoms with van der Waals surface area (Å²) in [7, 11) is 0. The van der Waals surface area contributed by atoms with E-state index in [-0.39, 0.29) is 11.7 Å². The first-order valence-corrected chi connectivity index (χ1v) is 9.51. The summed E-state index contributed by atoms with van der Waals surface area (Å²) in [6, 6.07) is 22.0. The van der Waals surface area contributed by atoms with Crippen LogP contribution in [0.2, 0.25) is 0 Å². The summed E-state index contributed by atoms with van der Waals surface area (Å²) in [5.74, 6) is -0.941. The van der Waals surface area contributed by atoms with E-state index in [2.05, 4.69) is 21.2 Å². The van der Waals surface area contributed by atoms with Gasteiger partial charge in [-0.05, 0) is 41.8 Å². The number of carbonyl (C=O) groups is 1. The van der Waals surface area contributed by atoms with Crippen molar-refractivity contribution >= 4 is 27.5 Å². The molecule has 1 N–H and O–H groups in total. The third-order valence-corrected chi connectivity index (χ3v) is 4.99. The van der Waals surface area contributed by atoms with Crippen molar-refractivity contribution in [1.29, 1.82) is 0 Å². The molecular weight excluding hydrogens is 393 g/mol. The van der Waals surface area contributed by atoms with Gasteiger partial charge in [-0.2, -0.15) is 0 Å². The molecule has 0 saturated carbocycles. The average molecular weight is 412 g/mol. The maximum Gasteiger partial charge on any atom is 0.231 e. The molecule has 0 aromatic heterocycles. The number of nitrogens with one attached hydrogen (secondary N) is 1. The van der Waals surface area contributed by atoms with Crippen LogP contribution >= 0.6 is 15.9 Å². The average Bonchev–Trinajstić information content (AvgIpc) is 2.68. The number of amides is 1. The standard InChI is InChI=1S/C22H19BrFNO/c1-15(22(26)25-19-10-7-16(14-23)8-11-19)18-9-12-20(21(24)13-18)17-5-3-2-4-6-17/h2-13,15H,14H2,1H3,(H,25,26). The first kappa shape index (κ1) is 18.3. The summed E-state index contributed by atoms with van der Waals surface area (Å²) in [6.07, 6.45) is 0. The normalized spacial score (nSPS) is 11.8. The molecule has 4 heteroatoms. The number of carbonyl (C=O) groups excluding carboxylic acids is 1. The zero-order valence-electron chi connectivity index (χ0n) is 14.4. The highest BCUT2D eigenvalue weighted by atomic mass is 79.9. The maximum atomic E-state index is 14.5. The van der Waals surface area contributed by atoms with Crippen LogP contribution in [0.25, 0.3) is 11.1 Å². The summed E-state index contributed by atoms with van der Waals surface area (Å²) in [5, 5.41) is 3.65. The molecule has 1 atom stereocenters. The fraction of sp³-hybridized carbons (Fsp3) is 0.136. The Kier molecular flexibility index (Phi) is 5.84. The van der Waals surface area contributed by atoms with E-state index in [0.717, 1.165) is 22.1 Å². The molecule has 0 bridgehead atoms. The van der Waals surface area contributed by atoms with E-state index in [0.29, 0.717) is 11.1 Å². The molecule has 0 heterocycles. The lowest BCUT2D eigenvalue weighted by molar-refractivity contribution is -0.117. The van der Waals surface area contributed by atoms with Gasteiger partial charge in [0.1, 0.15) is 5.82 Å². The van der Waals surface area contributed by atoms with Gasteiger partial charge < -0.3 is 5.32 Å². The second-order valence-electron chi connectivity index (χ2n) is 6.15. The molecule has 132 valence electrons. The highest BCUT2D eigenvalue weighted by Gasteiger charge is 2.17. The van der Waals surface area contributed by atoms with Gasteiger partial charge in [-0.1, -0.05) is 70.5 Å². The van der Waals surface area contributed by atoms with Crippen molar-refractivity contribution in [3.05, 3.63) is 89.7 Å². The van der Waals surface area contributed by atoms with Crippen molar-refractivity contribution in [3.8, 4) is 11.1 Å². The third kappa shape index (κ3) is 4.20. The zero-order valence-corrected chi connectivity index (χ0v) is 16.0. The van der Waals surface area contributed by atoms with Crippen LogP contribution in [0, 0.1) is 5.82 Å². The van der Waals surface area contributed by atoms with E-state index in [1.807, 2.05) is 60.7 Å². The molecule has 3 aromatic rings. The molecule has 0 spiro atoms. The number of alkyl halides is 1. The Hall–Kier alpha value is -2.46. The van der Waals surface area contributed by atoms with Gasteiger partial charge in [0.15, 0.2) is 0 Å².